The molecule has 0 radical (unpaired) electrons. The van der Waals surface area contributed by atoms with Crippen LogP contribution in [0, 0.1) is 0 Å². The van der Waals surface area contributed by atoms with Gasteiger partial charge in [0.25, 0.3) is 0 Å². The van der Waals surface area contributed by atoms with Crippen molar-refractivity contribution in [1.82, 2.24) is 4.31 Å². The maximum Gasteiger partial charge on any atom is 0.416 e. The van der Waals surface area contributed by atoms with Crippen LogP contribution in [0.4, 0.5) is 13.2 Å². The van der Waals surface area contributed by atoms with E-state index in [9.17, 15) is 26.7 Å². The molecule has 2 rings (SSSR count). The molecule has 1 aromatic rings. The molecule has 10 heteroatoms. The highest BCUT2D eigenvalue weighted by Gasteiger charge is 2.42. The summed E-state index contributed by atoms with van der Waals surface area (Å²) in [5, 5.41) is 18.4. The van der Waals surface area contributed by atoms with Crippen molar-refractivity contribution in [3.05, 3.63) is 28.8 Å². The third kappa shape index (κ3) is 3.23. The number of hydrogen-bond acceptors (Lipinski definition) is 4. The first-order valence-electron chi connectivity index (χ1n) is 6.20. The quantitative estimate of drug-likeness (QED) is 0.857. The lowest BCUT2D eigenvalue weighted by Gasteiger charge is -2.21. The fourth-order valence-electron chi connectivity index (χ4n) is 2.18. The van der Waals surface area contributed by atoms with Crippen molar-refractivity contribution in [3.63, 3.8) is 0 Å². The first-order valence-corrected chi connectivity index (χ1v) is 8.01. The minimum atomic E-state index is -4.63. The van der Waals surface area contributed by atoms with E-state index < -0.39 is 43.9 Å². The lowest BCUT2D eigenvalue weighted by molar-refractivity contribution is -0.137. The van der Waals surface area contributed by atoms with E-state index in [0.29, 0.717) is 12.1 Å². The highest BCUT2D eigenvalue weighted by molar-refractivity contribution is 7.89. The fraction of sp³-hybridized carbons (Fsp3) is 0.500. The van der Waals surface area contributed by atoms with Crippen LogP contribution in [0.3, 0.4) is 0 Å². The van der Waals surface area contributed by atoms with E-state index in [1.54, 1.807) is 0 Å². The molecule has 1 aliphatic heterocycles. The van der Waals surface area contributed by atoms with Crippen molar-refractivity contribution in [2.24, 2.45) is 0 Å². The van der Waals surface area contributed by atoms with E-state index in [1.165, 1.54) is 0 Å². The Hall–Kier alpha value is -0.870. The highest BCUT2D eigenvalue weighted by atomic mass is 35.5. The van der Waals surface area contributed by atoms with Gasteiger partial charge in [0.15, 0.2) is 0 Å². The van der Waals surface area contributed by atoms with Crippen molar-refractivity contribution < 1.29 is 31.8 Å². The Balaban J connectivity index is 2.35. The third-order valence-electron chi connectivity index (χ3n) is 3.47. The molecule has 1 aromatic carbocycles. The monoisotopic (exact) mass is 359 g/mol. The van der Waals surface area contributed by atoms with Gasteiger partial charge in [-0.1, -0.05) is 11.6 Å². The minimum absolute atomic E-state index is 0.0288. The summed E-state index contributed by atoms with van der Waals surface area (Å²) < 4.78 is 63.4. The largest absolute Gasteiger partial charge is 0.416 e. The van der Waals surface area contributed by atoms with Gasteiger partial charge < -0.3 is 10.2 Å². The Bertz CT molecular complexity index is 679. The Morgan fingerprint density at radius 3 is 2.45 bits per heavy atom. The maximum atomic E-state index is 12.6. The molecule has 22 heavy (non-hydrogen) atoms. The first-order chi connectivity index (χ1) is 9.99. The summed E-state index contributed by atoms with van der Waals surface area (Å²) in [4.78, 5) is -0.468. The molecule has 1 atom stereocenters. The molecule has 1 saturated heterocycles. The van der Waals surface area contributed by atoms with Gasteiger partial charge in [0, 0.05) is 13.1 Å². The lowest BCUT2D eigenvalue weighted by atomic mass is 10.1. The van der Waals surface area contributed by atoms with Gasteiger partial charge in [-0.15, -0.1) is 0 Å². The number of aliphatic hydroxyl groups is 2. The summed E-state index contributed by atoms with van der Waals surface area (Å²) in [5.74, 6) is 0. The number of β-amino-alcohol motifs (C(OH)–C–C–N with tert-alkyl or cyclic N) is 1. The van der Waals surface area contributed by atoms with E-state index in [2.05, 4.69) is 0 Å². The number of alkyl halides is 3. The van der Waals surface area contributed by atoms with Gasteiger partial charge in [0.05, 0.1) is 17.2 Å². The predicted molar refractivity (Wildman–Crippen MR) is 71.9 cm³/mol. The average molecular weight is 360 g/mol. The Labute approximate surface area is 130 Å². The second-order valence-corrected chi connectivity index (χ2v) is 7.43. The average Bonchev–Trinajstić information content (AvgIpc) is 2.81. The van der Waals surface area contributed by atoms with Crippen LogP contribution in [0.2, 0.25) is 5.02 Å². The van der Waals surface area contributed by atoms with Crippen LogP contribution in [0.1, 0.15) is 12.0 Å². The number of rotatable bonds is 3. The minimum Gasteiger partial charge on any atom is -0.393 e. The van der Waals surface area contributed by atoms with Gasteiger partial charge in [-0.2, -0.15) is 17.5 Å². The van der Waals surface area contributed by atoms with Gasteiger partial charge in [-0.05, 0) is 24.6 Å². The van der Waals surface area contributed by atoms with Crippen LogP contribution >= 0.6 is 11.6 Å². The standard InChI is InChI=1S/C12H13ClF3NO4S/c13-9-5-8(12(14,15)16)1-2-10(9)22(20,21)17-4-3-11(19,6-17)7-18/h1-2,5,18-19H,3-4,6-7H2/t11-/m1/s1. The van der Waals surface area contributed by atoms with Crippen LogP contribution in [0.15, 0.2) is 23.1 Å². The normalized spacial score (nSPS) is 23.9. The van der Waals surface area contributed by atoms with Gasteiger partial charge in [-0.25, -0.2) is 8.42 Å². The molecular formula is C12H13ClF3NO4S. The van der Waals surface area contributed by atoms with Crippen molar-refractivity contribution in [1.29, 1.82) is 0 Å². The number of nitrogens with zero attached hydrogens (tertiary/aromatic N) is 1. The van der Waals surface area contributed by atoms with Crippen molar-refractivity contribution in [3.8, 4) is 0 Å². The zero-order valence-electron chi connectivity index (χ0n) is 11.1. The van der Waals surface area contributed by atoms with E-state index in [4.69, 9.17) is 16.7 Å². The summed E-state index contributed by atoms with van der Waals surface area (Å²) in [6.07, 6.45) is -4.60. The maximum absolute atomic E-state index is 12.6. The molecule has 1 aliphatic rings. The smallest absolute Gasteiger partial charge is 0.393 e. The first kappa shape index (κ1) is 17.5. The van der Waals surface area contributed by atoms with Gasteiger partial charge in [0.2, 0.25) is 10.0 Å². The molecule has 0 bridgehead atoms. The second-order valence-electron chi connectivity index (χ2n) is 5.11. The zero-order chi connectivity index (χ0) is 16.8. The van der Waals surface area contributed by atoms with Crippen LogP contribution in [0.25, 0.3) is 0 Å². The number of halogens is 4. The van der Waals surface area contributed by atoms with E-state index >= 15 is 0 Å². The highest BCUT2D eigenvalue weighted by Crippen LogP contribution is 2.35. The fourth-order valence-corrected chi connectivity index (χ4v) is 4.22. The van der Waals surface area contributed by atoms with Crippen LogP contribution in [0.5, 0.6) is 0 Å². The van der Waals surface area contributed by atoms with Crippen molar-refractivity contribution in [2.45, 2.75) is 23.1 Å². The lowest BCUT2D eigenvalue weighted by Crippen LogP contribution is -2.38. The van der Waals surface area contributed by atoms with E-state index in [1.807, 2.05) is 0 Å². The summed E-state index contributed by atoms with van der Waals surface area (Å²) >= 11 is 5.69. The summed E-state index contributed by atoms with van der Waals surface area (Å²) in [7, 11) is -4.15. The number of sulfonamides is 1. The SMILES string of the molecule is O=S(=O)(c1ccc(C(F)(F)F)cc1Cl)N1CC[C@](O)(CO)C1. The molecule has 0 unspecified atom stereocenters. The Kier molecular flexibility index (Phi) is 4.48. The Morgan fingerprint density at radius 1 is 1.36 bits per heavy atom. The predicted octanol–water partition coefficient (Wildman–Crippen LogP) is 1.48. The molecule has 0 amide bonds. The van der Waals surface area contributed by atoms with E-state index in [-0.39, 0.29) is 19.5 Å². The summed E-state index contributed by atoms with van der Waals surface area (Å²) in [5.41, 5.74) is -2.60. The van der Waals surface area contributed by atoms with Crippen molar-refractivity contribution >= 4 is 21.6 Å². The molecule has 0 aliphatic carbocycles. The Morgan fingerprint density at radius 2 is 2.00 bits per heavy atom. The van der Waals surface area contributed by atoms with Crippen LogP contribution in [-0.4, -0.2) is 48.2 Å². The molecule has 0 spiro atoms. The number of aliphatic hydroxyl groups excluding tert-OH is 1. The molecule has 124 valence electrons. The molecule has 1 fully saturated rings. The van der Waals surface area contributed by atoms with Crippen LogP contribution in [-0.2, 0) is 16.2 Å². The zero-order valence-corrected chi connectivity index (χ0v) is 12.7. The van der Waals surface area contributed by atoms with E-state index in [0.717, 1.165) is 10.4 Å². The molecule has 1 heterocycles. The number of hydrogen-bond donors (Lipinski definition) is 2. The topological polar surface area (TPSA) is 77.8 Å². The van der Waals surface area contributed by atoms with Crippen molar-refractivity contribution in [2.75, 3.05) is 19.7 Å². The molecule has 5 nitrogen and oxygen atoms in total. The molecule has 0 saturated carbocycles. The van der Waals surface area contributed by atoms with Gasteiger partial charge in [0.1, 0.15) is 10.5 Å². The molecule has 2 N–H and O–H groups in total. The molecular weight excluding hydrogens is 347 g/mol. The summed E-state index contributed by atoms with van der Waals surface area (Å²) in [6, 6.07) is 1.96. The number of benzene rings is 1. The third-order valence-corrected chi connectivity index (χ3v) is 5.80. The van der Waals surface area contributed by atoms with Gasteiger partial charge >= 0.3 is 6.18 Å². The van der Waals surface area contributed by atoms with Crippen LogP contribution < -0.4 is 0 Å². The molecule has 0 aromatic heterocycles. The summed E-state index contributed by atoms with van der Waals surface area (Å²) in [6.45, 7) is -1.01. The second kappa shape index (κ2) is 5.64. The van der Waals surface area contributed by atoms with Gasteiger partial charge in [-0.3, -0.25) is 0 Å².